The Labute approximate surface area is 127 Å². The Morgan fingerprint density at radius 1 is 1.27 bits per heavy atom. The van der Waals surface area contributed by atoms with Gasteiger partial charge in [-0.3, -0.25) is 4.79 Å². The minimum atomic E-state index is -4.44. The van der Waals surface area contributed by atoms with Crippen LogP contribution in [0.3, 0.4) is 0 Å². The van der Waals surface area contributed by atoms with Crippen LogP contribution in [0.4, 0.5) is 13.2 Å². The van der Waals surface area contributed by atoms with E-state index in [-0.39, 0.29) is 24.4 Å². The topological polar surface area (TPSA) is 40.5 Å². The molecule has 0 heterocycles. The van der Waals surface area contributed by atoms with Crippen LogP contribution in [0.2, 0.25) is 0 Å². The van der Waals surface area contributed by atoms with Crippen molar-refractivity contribution in [1.82, 2.24) is 4.90 Å². The van der Waals surface area contributed by atoms with Gasteiger partial charge < -0.3 is 10.0 Å². The van der Waals surface area contributed by atoms with E-state index in [2.05, 4.69) is 0 Å². The van der Waals surface area contributed by atoms with Crippen molar-refractivity contribution in [3.05, 3.63) is 35.4 Å². The molecule has 1 N–H and O–H groups in total. The summed E-state index contributed by atoms with van der Waals surface area (Å²) >= 11 is 0. The van der Waals surface area contributed by atoms with Gasteiger partial charge in [-0.05, 0) is 24.5 Å². The second-order valence-corrected chi connectivity index (χ2v) is 6.01. The van der Waals surface area contributed by atoms with Crippen molar-refractivity contribution in [2.24, 2.45) is 0 Å². The van der Waals surface area contributed by atoms with Crippen molar-refractivity contribution in [2.75, 3.05) is 7.05 Å². The first-order valence-corrected chi connectivity index (χ1v) is 7.33. The molecule has 22 heavy (non-hydrogen) atoms. The monoisotopic (exact) mass is 315 g/mol. The van der Waals surface area contributed by atoms with Crippen LogP contribution in [0.15, 0.2) is 24.3 Å². The molecular formula is C16H20F3NO2. The minimum Gasteiger partial charge on any atom is -0.389 e. The lowest BCUT2D eigenvalue weighted by atomic mass is 9.97. The molecule has 1 aliphatic carbocycles. The third-order valence-corrected chi connectivity index (χ3v) is 4.17. The van der Waals surface area contributed by atoms with Gasteiger partial charge in [-0.2, -0.15) is 13.2 Å². The van der Waals surface area contributed by atoms with Crippen LogP contribution >= 0.6 is 0 Å². The molecule has 2 rings (SSSR count). The van der Waals surface area contributed by atoms with Gasteiger partial charge in [0.15, 0.2) is 0 Å². The first-order chi connectivity index (χ1) is 10.2. The number of benzene rings is 1. The van der Waals surface area contributed by atoms with Crippen LogP contribution in [0.5, 0.6) is 0 Å². The number of carbonyl (C=O) groups is 1. The Hall–Kier alpha value is -1.56. The summed E-state index contributed by atoms with van der Waals surface area (Å²) in [6, 6.07) is 5.23. The summed E-state index contributed by atoms with van der Waals surface area (Å²) in [5.41, 5.74) is -1.66. The van der Waals surface area contributed by atoms with Gasteiger partial charge in [-0.25, -0.2) is 0 Å². The van der Waals surface area contributed by atoms with Gasteiger partial charge in [-0.1, -0.05) is 31.0 Å². The maximum Gasteiger partial charge on any atom is 0.416 e. The fourth-order valence-corrected chi connectivity index (χ4v) is 2.90. The van der Waals surface area contributed by atoms with Crippen molar-refractivity contribution in [2.45, 2.75) is 50.4 Å². The highest BCUT2D eigenvalue weighted by molar-refractivity contribution is 5.77. The third kappa shape index (κ3) is 4.00. The van der Waals surface area contributed by atoms with Crippen molar-refractivity contribution < 1.29 is 23.1 Å². The van der Waals surface area contributed by atoms with Gasteiger partial charge in [-0.15, -0.1) is 0 Å². The predicted octanol–water partition coefficient (Wildman–Crippen LogP) is 3.36. The molecule has 0 radical (unpaired) electrons. The van der Waals surface area contributed by atoms with E-state index in [4.69, 9.17) is 0 Å². The third-order valence-electron chi connectivity index (χ3n) is 4.17. The van der Waals surface area contributed by atoms with Gasteiger partial charge in [0.25, 0.3) is 0 Å². The van der Waals surface area contributed by atoms with E-state index in [1.165, 1.54) is 30.1 Å². The number of alkyl halides is 3. The second kappa shape index (κ2) is 6.28. The molecule has 1 aliphatic rings. The molecule has 0 spiro atoms. The molecule has 1 amide bonds. The Morgan fingerprint density at radius 3 is 2.45 bits per heavy atom. The number of carbonyl (C=O) groups excluding carboxylic acids is 1. The molecule has 0 aliphatic heterocycles. The van der Waals surface area contributed by atoms with Gasteiger partial charge in [0.05, 0.1) is 17.6 Å². The lowest BCUT2D eigenvalue weighted by Gasteiger charge is -2.26. The van der Waals surface area contributed by atoms with Crippen LogP contribution in [-0.4, -0.2) is 28.6 Å². The molecule has 1 aromatic carbocycles. The summed E-state index contributed by atoms with van der Waals surface area (Å²) in [5, 5.41) is 10.2. The van der Waals surface area contributed by atoms with E-state index < -0.39 is 17.3 Å². The molecule has 0 aromatic heterocycles. The van der Waals surface area contributed by atoms with Gasteiger partial charge >= 0.3 is 6.18 Å². The van der Waals surface area contributed by atoms with Crippen LogP contribution in [0.1, 0.15) is 43.2 Å². The summed E-state index contributed by atoms with van der Waals surface area (Å²) in [6.45, 7) is -0.120. The molecule has 1 saturated carbocycles. The smallest absolute Gasteiger partial charge is 0.389 e. The van der Waals surface area contributed by atoms with Crippen molar-refractivity contribution in [3.8, 4) is 0 Å². The van der Waals surface area contributed by atoms with Gasteiger partial charge in [0.1, 0.15) is 0 Å². The molecule has 0 bridgehead atoms. The van der Waals surface area contributed by atoms with E-state index in [0.717, 1.165) is 18.9 Å². The van der Waals surface area contributed by atoms with Crippen molar-refractivity contribution >= 4 is 5.91 Å². The van der Waals surface area contributed by atoms with Crippen LogP contribution in [-0.2, 0) is 17.5 Å². The summed E-state index contributed by atoms with van der Waals surface area (Å²) in [7, 11) is 1.47. The first-order valence-electron chi connectivity index (χ1n) is 7.33. The Morgan fingerprint density at radius 2 is 1.86 bits per heavy atom. The Balaban J connectivity index is 2.06. The lowest BCUT2D eigenvalue weighted by Crippen LogP contribution is -2.36. The predicted molar refractivity (Wildman–Crippen MR) is 76.0 cm³/mol. The van der Waals surface area contributed by atoms with Gasteiger partial charge in [0.2, 0.25) is 5.91 Å². The molecular weight excluding hydrogens is 295 g/mol. The molecule has 0 atom stereocenters. The fraction of sp³-hybridized carbons (Fsp3) is 0.562. The molecule has 6 heteroatoms. The average molecular weight is 315 g/mol. The minimum absolute atomic E-state index is 0.0301. The van der Waals surface area contributed by atoms with Gasteiger partial charge in [0, 0.05) is 13.6 Å². The number of halogens is 3. The maximum atomic E-state index is 12.9. The van der Waals surface area contributed by atoms with Crippen LogP contribution < -0.4 is 0 Å². The van der Waals surface area contributed by atoms with Crippen molar-refractivity contribution in [3.63, 3.8) is 0 Å². The quantitative estimate of drug-likeness (QED) is 0.925. The zero-order valence-electron chi connectivity index (χ0n) is 12.5. The average Bonchev–Trinajstić information content (AvgIpc) is 2.84. The maximum absolute atomic E-state index is 12.9. The standard InChI is InChI=1S/C16H20F3NO2/c1-20(14(21)10-15(22)8-4-5-9-15)11-12-6-2-3-7-13(12)16(17,18)19/h2-3,6-7,22H,4-5,8-11H2,1H3. The summed E-state index contributed by atoms with van der Waals surface area (Å²) in [4.78, 5) is 13.4. The highest BCUT2D eigenvalue weighted by Gasteiger charge is 2.36. The van der Waals surface area contributed by atoms with E-state index in [1.807, 2.05) is 0 Å². The van der Waals surface area contributed by atoms with Crippen LogP contribution in [0, 0.1) is 0 Å². The highest BCUT2D eigenvalue weighted by Crippen LogP contribution is 2.34. The number of amides is 1. The van der Waals surface area contributed by atoms with Crippen molar-refractivity contribution in [1.29, 1.82) is 0 Å². The number of rotatable bonds is 4. The van der Waals surface area contributed by atoms with E-state index in [1.54, 1.807) is 0 Å². The summed E-state index contributed by atoms with van der Waals surface area (Å²) < 4.78 is 38.8. The zero-order chi connectivity index (χ0) is 16.4. The number of hydrogen-bond acceptors (Lipinski definition) is 2. The number of aliphatic hydroxyl groups is 1. The zero-order valence-corrected chi connectivity index (χ0v) is 12.5. The number of nitrogens with zero attached hydrogens (tertiary/aromatic N) is 1. The highest BCUT2D eigenvalue weighted by atomic mass is 19.4. The van der Waals surface area contributed by atoms with Crippen LogP contribution in [0.25, 0.3) is 0 Å². The van der Waals surface area contributed by atoms with E-state index in [0.29, 0.717) is 12.8 Å². The molecule has 1 fully saturated rings. The van der Waals surface area contributed by atoms with E-state index in [9.17, 15) is 23.1 Å². The summed E-state index contributed by atoms with van der Waals surface area (Å²) in [5.74, 6) is -0.332. The molecule has 1 aromatic rings. The normalized spacial score (nSPS) is 17.5. The Kier molecular flexibility index (Phi) is 4.80. The molecule has 3 nitrogen and oxygen atoms in total. The molecule has 0 saturated heterocycles. The lowest BCUT2D eigenvalue weighted by molar-refractivity contribution is -0.140. The van der Waals surface area contributed by atoms with E-state index >= 15 is 0 Å². The second-order valence-electron chi connectivity index (χ2n) is 6.01. The fourth-order valence-electron chi connectivity index (χ4n) is 2.90. The Bertz CT molecular complexity index is 536. The summed E-state index contributed by atoms with van der Waals surface area (Å²) in [6.07, 6.45) is -1.56. The molecule has 0 unspecified atom stereocenters. The molecule has 122 valence electrons. The number of hydrogen-bond donors (Lipinski definition) is 1. The SMILES string of the molecule is CN(Cc1ccccc1C(F)(F)F)C(=O)CC1(O)CCCC1. The largest absolute Gasteiger partial charge is 0.416 e. The first kappa shape index (κ1) is 16.8.